The van der Waals surface area contributed by atoms with Crippen LogP contribution in [0.5, 0.6) is 11.6 Å². The van der Waals surface area contributed by atoms with Crippen molar-refractivity contribution in [3.05, 3.63) is 47.7 Å². The van der Waals surface area contributed by atoms with Crippen molar-refractivity contribution >= 4 is 12.6 Å². The molecule has 90 valence electrons. The third kappa shape index (κ3) is 2.10. The van der Waals surface area contributed by atoms with Crippen molar-refractivity contribution in [1.82, 2.24) is 4.98 Å². The van der Waals surface area contributed by atoms with Gasteiger partial charge in [0.1, 0.15) is 5.75 Å². The molecule has 1 aliphatic heterocycles. The maximum atomic E-state index is 9.62. The summed E-state index contributed by atoms with van der Waals surface area (Å²) in [6, 6.07) is 9.31. The maximum Gasteiger partial charge on any atom is 0.491 e. The molecule has 0 atom stereocenters. The van der Waals surface area contributed by atoms with Gasteiger partial charge in [-0.25, -0.2) is 4.98 Å². The molecule has 1 aliphatic rings. The van der Waals surface area contributed by atoms with Crippen LogP contribution in [-0.2, 0) is 11.3 Å². The van der Waals surface area contributed by atoms with E-state index in [2.05, 4.69) is 4.98 Å². The second-order valence-electron chi connectivity index (χ2n) is 4.30. The summed E-state index contributed by atoms with van der Waals surface area (Å²) in [5.41, 5.74) is 2.84. The van der Waals surface area contributed by atoms with Gasteiger partial charge in [0.15, 0.2) is 0 Å². The van der Waals surface area contributed by atoms with Gasteiger partial charge in [0, 0.05) is 12.3 Å². The number of fused-ring (bicyclic) bond motifs is 1. The Balaban J connectivity index is 1.88. The van der Waals surface area contributed by atoms with Gasteiger partial charge in [-0.15, -0.1) is 0 Å². The van der Waals surface area contributed by atoms with Crippen LogP contribution in [0.2, 0.25) is 0 Å². The van der Waals surface area contributed by atoms with E-state index in [0.717, 1.165) is 16.6 Å². The lowest BCUT2D eigenvalue weighted by Gasteiger charge is -2.07. The van der Waals surface area contributed by atoms with Crippen molar-refractivity contribution < 1.29 is 14.4 Å². The number of ether oxygens (including phenoxy) is 1. The van der Waals surface area contributed by atoms with Gasteiger partial charge in [-0.05, 0) is 41.7 Å². The van der Waals surface area contributed by atoms with Crippen LogP contribution in [0.15, 0.2) is 36.5 Å². The average molecular weight is 241 g/mol. The fourth-order valence-corrected chi connectivity index (χ4v) is 1.94. The van der Waals surface area contributed by atoms with E-state index in [4.69, 9.17) is 9.39 Å². The lowest BCUT2D eigenvalue weighted by Crippen LogP contribution is -2.27. The molecule has 0 amide bonds. The summed E-state index contributed by atoms with van der Waals surface area (Å²) in [5.74, 6) is 1.19. The SMILES string of the molecule is Cc1ccnc(Oc2ccc3c(c2)B(O)OC3)c1. The highest BCUT2D eigenvalue weighted by molar-refractivity contribution is 6.61. The van der Waals surface area contributed by atoms with Crippen molar-refractivity contribution in [1.29, 1.82) is 0 Å². The van der Waals surface area contributed by atoms with Crippen molar-refractivity contribution in [2.75, 3.05) is 0 Å². The predicted octanol–water partition coefficient (Wildman–Crippen LogP) is 1.40. The molecule has 1 aromatic carbocycles. The summed E-state index contributed by atoms with van der Waals surface area (Å²) >= 11 is 0. The molecule has 18 heavy (non-hydrogen) atoms. The number of hydrogen-bond donors (Lipinski definition) is 1. The zero-order chi connectivity index (χ0) is 12.5. The first-order chi connectivity index (χ1) is 8.72. The maximum absolute atomic E-state index is 9.62. The zero-order valence-electron chi connectivity index (χ0n) is 9.96. The third-order valence-electron chi connectivity index (χ3n) is 2.89. The molecule has 0 saturated carbocycles. The van der Waals surface area contributed by atoms with Gasteiger partial charge in [-0.1, -0.05) is 6.07 Å². The topological polar surface area (TPSA) is 51.6 Å². The number of benzene rings is 1. The molecule has 5 heteroatoms. The second-order valence-corrected chi connectivity index (χ2v) is 4.30. The van der Waals surface area contributed by atoms with Gasteiger partial charge in [-0.2, -0.15) is 0 Å². The van der Waals surface area contributed by atoms with Crippen molar-refractivity contribution in [3.63, 3.8) is 0 Å². The minimum absolute atomic E-state index is 0.444. The number of aromatic nitrogens is 1. The first kappa shape index (κ1) is 11.3. The number of aryl methyl sites for hydroxylation is 1. The van der Waals surface area contributed by atoms with Gasteiger partial charge in [-0.3, -0.25) is 0 Å². The molecular weight excluding hydrogens is 229 g/mol. The third-order valence-corrected chi connectivity index (χ3v) is 2.89. The average Bonchev–Trinajstić information content (AvgIpc) is 2.71. The first-order valence-electron chi connectivity index (χ1n) is 5.75. The molecular formula is C13H12BNO3. The van der Waals surface area contributed by atoms with Gasteiger partial charge in [0.2, 0.25) is 5.88 Å². The van der Waals surface area contributed by atoms with Gasteiger partial charge < -0.3 is 14.4 Å². The Labute approximate surface area is 105 Å². The van der Waals surface area contributed by atoms with Crippen molar-refractivity contribution in [2.24, 2.45) is 0 Å². The number of rotatable bonds is 2. The zero-order valence-corrected chi connectivity index (χ0v) is 9.96. The molecule has 0 unspecified atom stereocenters. The summed E-state index contributed by atoms with van der Waals surface area (Å²) < 4.78 is 10.8. The van der Waals surface area contributed by atoms with E-state index in [9.17, 15) is 5.02 Å². The lowest BCUT2D eigenvalue weighted by atomic mass is 9.79. The molecule has 1 N–H and O–H groups in total. The van der Waals surface area contributed by atoms with Gasteiger partial charge in [0.25, 0.3) is 0 Å². The summed E-state index contributed by atoms with van der Waals surface area (Å²) in [6.45, 7) is 2.42. The standard InChI is InChI=1S/C13H12BNO3/c1-9-4-5-15-13(6-9)18-11-3-2-10-8-17-14(16)12(10)7-11/h2-7,16H,8H2,1H3. The van der Waals surface area contributed by atoms with Gasteiger partial charge in [0.05, 0.1) is 6.61 Å². The van der Waals surface area contributed by atoms with Crippen LogP contribution < -0.4 is 10.2 Å². The molecule has 0 bridgehead atoms. The Morgan fingerprint density at radius 3 is 3.06 bits per heavy atom. The Kier molecular flexibility index (Phi) is 2.78. The molecule has 0 spiro atoms. The predicted molar refractivity (Wildman–Crippen MR) is 67.9 cm³/mol. The molecule has 0 fully saturated rings. The Morgan fingerprint density at radius 1 is 1.33 bits per heavy atom. The highest BCUT2D eigenvalue weighted by Crippen LogP contribution is 2.21. The van der Waals surface area contributed by atoms with Crippen LogP contribution in [0.1, 0.15) is 11.1 Å². The monoisotopic (exact) mass is 241 g/mol. The highest BCUT2D eigenvalue weighted by atomic mass is 16.5. The van der Waals surface area contributed by atoms with E-state index in [1.165, 1.54) is 0 Å². The van der Waals surface area contributed by atoms with Crippen LogP contribution in [-0.4, -0.2) is 17.1 Å². The molecule has 4 nitrogen and oxygen atoms in total. The summed E-state index contributed by atoms with van der Waals surface area (Å²) in [4.78, 5) is 4.13. The van der Waals surface area contributed by atoms with Crippen LogP contribution >= 0.6 is 0 Å². The Morgan fingerprint density at radius 2 is 2.22 bits per heavy atom. The Hall–Kier alpha value is -1.85. The van der Waals surface area contributed by atoms with E-state index in [1.54, 1.807) is 12.3 Å². The number of hydrogen-bond acceptors (Lipinski definition) is 4. The fraction of sp³-hybridized carbons (Fsp3) is 0.154. The molecule has 0 radical (unpaired) electrons. The van der Waals surface area contributed by atoms with Crippen molar-refractivity contribution in [2.45, 2.75) is 13.5 Å². The van der Waals surface area contributed by atoms with E-state index < -0.39 is 7.12 Å². The largest absolute Gasteiger partial charge is 0.491 e. The normalized spacial score (nSPS) is 13.6. The van der Waals surface area contributed by atoms with Crippen molar-refractivity contribution in [3.8, 4) is 11.6 Å². The van der Waals surface area contributed by atoms with Crippen LogP contribution in [0.25, 0.3) is 0 Å². The molecule has 0 saturated heterocycles. The number of pyridine rings is 1. The van der Waals surface area contributed by atoms with Crippen LogP contribution in [0, 0.1) is 6.92 Å². The first-order valence-corrected chi connectivity index (χ1v) is 5.75. The minimum Gasteiger partial charge on any atom is -0.439 e. The van der Waals surface area contributed by atoms with E-state index >= 15 is 0 Å². The lowest BCUT2D eigenvalue weighted by molar-refractivity contribution is 0.275. The fourth-order valence-electron chi connectivity index (χ4n) is 1.94. The summed E-state index contributed by atoms with van der Waals surface area (Å²) in [5, 5.41) is 9.62. The highest BCUT2D eigenvalue weighted by Gasteiger charge is 2.27. The van der Waals surface area contributed by atoms with Crippen LogP contribution in [0.3, 0.4) is 0 Å². The smallest absolute Gasteiger partial charge is 0.439 e. The second kappa shape index (κ2) is 4.44. The Bertz CT molecular complexity index is 588. The molecule has 1 aromatic heterocycles. The summed E-state index contributed by atoms with van der Waals surface area (Å²) in [6.07, 6.45) is 1.70. The van der Waals surface area contributed by atoms with E-state index in [0.29, 0.717) is 18.2 Å². The van der Waals surface area contributed by atoms with Gasteiger partial charge >= 0.3 is 7.12 Å². The molecule has 3 rings (SSSR count). The van der Waals surface area contributed by atoms with E-state index in [1.807, 2.05) is 31.2 Å². The summed E-state index contributed by atoms with van der Waals surface area (Å²) in [7, 11) is -0.853. The van der Waals surface area contributed by atoms with Crippen LogP contribution in [0.4, 0.5) is 0 Å². The molecule has 0 aliphatic carbocycles. The number of nitrogens with zero attached hydrogens (tertiary/aromatic N) is 1. The quantitative estimate of drug-likeness (QED) is 0.807. The van der Waals surface area contributed by atoms with E-state index in [-0.39, 0.29) is 0 Å². The minimum atomic E-state index is -0.853. The molecule has 2 aromatic rings. The molecule has 2 heterocycles.